The smallest absolute Gasteiger partial charge is 0.303 e. The Kier molecular flexibility index (Phi) is 19.5. The number of guanidine groups is 1. The maximum absolute atomic E-state index is 14.5. The number of rotatable bonds is 26. The van der Waals surface area contributed by atoms with Crippen molar-refractivity contribution in [1.29, 1.82) is 0 Å². The fourth-order valence-electron chi connectivity index (χ4n) is 7.09. The Balaban J connectivity index is 1.62. The van der Waals surface area contributed by atoms with Crippen molar-refractivity contribution in [3.05, 3.63) is 108 Å². The summed E-state index contributed by atoms with van der Waals surface area (Å²) in [6.07, 6.45) is 2.03. The Labute approximate surface area is 377 Å². The van der Waals surface area contributed by atoms with Crippen LogP contribution in [0.25, 0.3) is 10.9 Å². The Morgan fingerprint density at radius 1 is 0.646 bits per heavy atom. The average molecular weight is 896 g/mol. The molecule has 0 spiro atoms. The minimum Gasteiger partial charge on any atom is -0.481 e. The normalized spacial score (nSPS) is 14.3. The Morgan fingerprint density at radius 2 is 1.15 bits per heavy atom. The standard InChI is InChI=1S/C46H61N11O8/c1-3-27(2)39(45(65)56-35(23-28-13-6-4-7-14-28)42(62)53-34(40(48)60)20-21-38(58)59)57-44(64)36(24-29-15-8-5-9-16-29)55-43(63)37(25-30-26-52-33-19-11-10-17-31(30)33)54-41(61)32(47)18-12-22-51-46(49)50/h4-11,13-17,19,26-27,32,34-37,39,52H,3,12,18,20-25,47H2,1-2H3,(H2,48,60)(H,53,62)(H,54,61)(H,55,63)(H,56,65)(H,57,64)(H,58,59)(H4,49,50,51)/t27-,32+,34-,35-,36-,37+,39-/m1/s1. The van der Waals surface area contributed by atoms with Crippen molar-refractivity contribution in [2.24, 2.45) is 33.8 Å². The van der Waals surface area contributed by atoms with E-state index < -0.39 is 90.0 Å². The van der Waals surface area contributed by atoms with Gasteiger partial charge in [0.05, 0.1) is 6.04 Å². The van der Waals surface area contributed by atoms with E-state index in [1.54, 1.807) is 73.8 Å². The molecule has 0 radical (unpaired) electrons. The predicted octanol–water partition coefficient (Wildman–Crippen LogP) is 0.397. The summed E-state index contributed by atoms with van der Waals surface area (Å²) in [5, 5.41) is 23.7. The number of nitrogens with zero attached hydrogens (tertiary/aromatic N) is 1. The molecule has 348 valence electrons. The Hall–Kier alpha value is -7.28. The molecule has 65 heavy (non-hydrogen) atoms. The van der Waals surface area contributed by atoms with E-state index in [0.717, 1.165) is 16.5 Å². The second kappa shape index (κ2) is 25.1. The summed E-state index contributed by atoms with van der Waals surface area (Å²) in [6, 6.07) is 17.8. The topological polar surface area (TPSA) is 332 Å². The minimum absolute atomic E-state index is 0.00476. The zero-order chi connectivity index (χ0) is 47.5. The molecular weight excluding hydrogens is 835 g/mol. The third-order valence-corrected chi connectivity index (χ3v) is 11.0. The fourth-order valence-corrected chi connectivity index (χ4v) is 7.09. The molecule has 6 amide bonds. The van der Waals surface area contributed by atoms with Crippen LogP contribution in [0.4, 0.5) is 0 Å². The number of aliphatic carboxylic acids is 1. The van der Waals surface area contributed by atoms with Gasteiger partial charge in [-0.15, -0.1) is 0 Å². The number of para-hydroxylation sites is 1. The van der Waals surface area contributed by atoms with Gasteiger partial charge in [-0.2, -0.15) is 0 Å². The van der Waals surface area contributed by atoms with Gasteiger partial charge in [-0.3, -0.25) is 38.6 Å². The number of fused-ring (bicyclic) bond motifs is 1. The van der Waals surface area contributed by atoms with Crippen LogP contribution in [0.15, 0.2) is 96.1 Å². The molecule has 3 aromatic carbocycles. The molecule has 19 heteroatoms. The summed E-state index contributed by atoms with van der Waals surface area (Å²) < 4.78 is 0. The van der Waals surface area contributed by atoms with Crippen molar-refractivity contribution in [2.75, 3.05) is 6.54 Å². The van der Waals surface area contributed by atoms with Gasteiger partial charge in [0.2, 0.25) is 35.4 Å². The lowest BCUT2D eigenvalue weighted by Crippen LogP contribution is -2.61. The average Bonchev–Trinajstić information content (AvgIpc) is 3.69. The number of nitrogens with two attached hydrogens (primary N) is 4. The summed E-state index contributed by atoms with van der Waals surface area (Å²) in [7, 11) is 0. The number of carboxylic acids is 1. The number of nitrogens with one attached hydrogen (secondary N) is 6. The molecule has 0 saturated heterocycles. The van der Waals surface area contributed by atoms with Crippen LogP contribution >= 0.6 is 0 Å². The van der Waals surface area contributed by atoms with Gasteiger partial charge in [0.1, 0.15) is 30.2 Å². The van der Waals surface area contributed by atoms with Gasteiger partial charge in [-0.25, -0.2) is 0 Å². The van der Waals surface area contributed by atoms with Gasteiger partial charge < -0.3 is 59.6 Å². The third-order valence-electron chi connectivity index (χ3n) is 11.0. The molecule has 0 unspecified atom stereocenters. The van der Waals surface area contributed by atoms with Crippen LogP contribution in [0.5, 0.6) is 0 Å². The van der Waals surface area contributed by atoms with E-state index in [0.29, 0.717) is 24.0 Å². The number of benzene rings is 3. The van der Waals surface area contributed by atoms with E-state index in [4.69, 9.17) is 22.9 Å². The van der Waals surface area contributed by atoms with E-state index in [9.17, 15) is 38.7 Å². The molecule has 7 atom stereocenters. The van der Waals surface area contributed by atoms with Crippen molar-refractivity contribution in [2.45, 2.75) is 101 Å². The second-order valence-corrected chi connectivity index (χ2v) is 15.9. The van der Waals surface area contributed by atoms with Crippen molar-refractivity contribution < 1.29 is 38.7 Å². The molecule has 1 aromatic heterocycles. The van der Waals surface area contributed by atoms with Crippen LogP contribution in [0.3, 0.4) is 0 Å². The summed E-state index contributed by atoms with van der Waals surface area (Å²) in [6.45, 7) is 3.81. The van der Waals surface area contributed by atoms with Gasteiger partial charge in [-0.05, 0) is 47.9 Å². The first-order valence-electron chi connectivity index (χ1n) is 21.5. The summed E-state index contributed by atoms with van der Waals surface area (Å²) in [5.74, 6) is -6.28. The number of aromatic amines is 1. The van der Waals surface area contributed by atoms with Crippen molar-refractivity contribution in [3.8, 4) is 0 Å². The lowest BCUT2D eigenvalue weighted by molar-refractivity contribution is -0.138. The summed E-state index contributed by atoms with van der Waals surface area (Å²) >= 11 is 0. The molecule has 0 aliphatic rings. The highest BCUT2D eigenvalue weighted by Gasteiger charge is 2.35. The third kappa shape index (κ3) is 16.1. The van der Waals surface area contributed by atoms with E-state index in [1.807, 2.05) is 31.2 Å². The van der Waals surface area contributed by atoms with Crippen molar-refractivity contribution >= 4 is 58.3 Å². The van der Waals surface area contributed by atoms with Gasteiger partial charge in [0, 0.05) is 49.3 Å². The number of aromatic nitrogens is 1. The molecule has 0 aliphatic carbocycles. The number of amides is 6. The highest BCUT2D eigenvalue weighted by molar-refractivity contribution is 5.97. The molecule has 19 nitrogen and oxygen atoms in total. The quantitative estimate of drug-likeness (QED) is 0.0233. The molecule has 0 aliphatic heterocycles. The van der Waals surface area contributed by atoms with Gasteiger partial charge in [-0.1, -0.05) is 99.1 Å². The van der Waals surface area contributed by atoms with E-state index in [-0.39, 0.29) is 44.6 Å². The highest BCUT2D eigenvalue weighted by atomic mass is 16.4. The number of aliphatic imine (C=N–C) groups is 1. The van der Waals surface area contributed by atoms with E-state index >= 15 is 0 Å². The number of hydrogen-bond donors (Lipinski definition) is 11. The maximum atomic E-state index is 14.5. The lowest BCUT2D eigenvalue weighted by atomic mass is 9.96. The first-order valence-corrected chi connectivity index (χ1v) is 21.5. The molecule has 0 saturated carbocycles. The zero-order valence-corrected chi connectivity index (χ0v) is 36.6. The van der Waals surface area contributed by atoms with Crippen molar-refractivity contribution in [1.82, 2.24) is 31.6 Å². The number of H-pyrrole nitrogens is 1. The molecule has 15 N–H and O–H groups in total. The number of carbonyl (C=O) groups is 7. The highest BCUT2D eigenvalue weighted by Crippen LogP contribution is 2.20. The largest absolute Gasteiger partial charge is 0.481 e. The van der Waals surface area contributed by atoms with E-state index in [1.165, 1.54) is 0 Å². The minimum atomic E-state index is -1.34. The Morgan fingerprint density at radius 3 is 1.71 bits per heavy atom. The second-order valence-electron chi connectivity index (χ2n) is 15.9. The van der Waals surface area contributed by atoms with Gasteiger partial charge >= 0.3 is 5.97 Å². The number of hydrogen-bond acceptors (Lipinski definition) is 9. The molecule has 4 aromatic rings. The summed E-state index contributed by atoms with van der Waals surface area (Å²) in [4.78, 5) is 101. The van der Waals surface area contributed by atoms with Crippen molar-refractivity contribution in [3.63, 3.8) is 0 Å². The monoisotopic (exact) mass is 895 g/mol. The maximum Gasteiger partial charge on any atom is 0.303 e. The summed E-state index contributed by atoms with van der Waals surface area (Å²) in [5.41, 5.74) is 25.5. The predicted molar refractivity (Wildman–Crippen MR) is 245 cm³/mol. The first-order chi connectivity index (χ1) is 31.1. The molecule has 1 heterocycles. The fraction of sp³-hybridized carbons (Fsp3) is 0.391. The van der Waals surface area contributed by atoms with E-state index in [2.05, 4.69) is 36.6 Å². The van der Waals surface area contributed by atoms with Gasteiger partial charge in [0.25, 0.3) is 0 Å². The molecular formula is C46H61N11O8. The molecule has 0 bridgehead atoms. The molecule has 4 rings (SSSR count). The Bertz CT molecular complexity index is 2270. The SMILES string of the molecule is CC[C@@H](C)[C@@H](NC(=O)[C@@H](Cc1ccccc1)NC(=O)[C@H](Cc1c[nH]c2ccccc12)NC(=O)[C@@H](N)CCCN=C(N)N)C(=O)N[C@H](Cc1ccccc1)C(=O)N[C@H](CCC(=O)O)C(N)=O. The first kappa shape index (κ1) is 50.4. The van der Waals surface area contributed by atoms with Crippen LogP contribution in [0.2, 0.25) is 0 Å². The number of carbonyl (C=O) groups excluding carboxylic acids is 6. The zero-order valence-electron chi connectivity index (χ0n) is 36.6. The number of carboxylic acid groups (broad SMARTS) is 1. The molecule has 0 fully saturated rings. The van der Waals surface area contributed by atoms with Crippen LogP contribution < -0.4 is 49.5 Å². The van der Waals surface area contributed by atoms with Crippen LogP contribution in [-0.2, 0) is 52.8 Å². The number of primary amides is 1. The van der Waals surface area contributed by atoms with Gasteiger partial charge in [0.15, 0.2) is 5.96 Å². The lowest BCUT2D eigenvalue weighted by Gasteiger charge is -2.29. The van der Waals surface area contributed by atoms with Crippen LogP contribution in [0, 0.1) is 5.92 Å². The van der Waals surface area contributed by atoms with Crippen LogP contribution in [0.1, 0.15) is 62.6 Å². The van der Waals surface area contributed by atoms with Crippen LogP contribution in [-0.4, -0.2) is 100 Å².